The van der Waals surface area contributed by atoms with Crippen LogP contribution in [0.2, 0.25) is 0 Å². The van der Waals surface area contributed by atoms with E-state index < -0.39 is 37.1 Å². The predicted molar refractivity (Wildman–Crippen MR) is 96.2 cm³/mol. The van der Waals surface area contributed by atoms with Crippen LogP contribution in [0.15, 0.2) is 24.3 Å². The number of aliphatic hydroxyl groups excluding tert-OH is 4. The van der Waals surface area contributed by atoms with Crippen molar-refractivity contribution in [1.82, 2.24) is 0 Å². The zero-order chi connectivity index (χ0) is 19.4. The molecule has 1 aromatic carbocycles. The highest BCUT2D eigenvalue weighted by molar-refractivity contribution is 5.82. The first-order chi connectivity index (χ1) is 13.0. The molecule has 27 heavy (non-hydrogen) atoms. The van der Waals surface area contributed by atoms with Crippen molar-refractivity contribution >= 4 is 5.78 Å². The first kappa shape index (κ1) is 20.2. The zero-order valence-electron chi connectivity index (χ0n) is 15.2. The monoisotopic (exact) mass is 380 g/mol. The molecule has 2 aliphatic rings. The maximum Gasteiger partial charge on any atom is 0.173 e. The SMILES string of the molecule is O=C(COc1cccc(C2O[C@H](CO)[C@@H](O)[C@H](O)[C@@H]2O)c1)C1CCCCC1. The van der Waals surface area contributed by atoms with Crippen LogP contribution < -0.4 is 4.74 Å². The predicted octanol–water partition coefficient (Wildman–Crippen LogP) is 0.730. The molecule has 1 saturated carbocycles. The minimum Gasteiger partial charge on any atom is -0.486 e. The summed E-state index contributed by atoms with van der Waals surface area (Å²) < 4.78 is 11.2. The number of Topliss-reactive ketones (excluding diaryl/α,β-unsaturated/α-hetero) is 1. The Labute approximate surface area is 158 Å². The van der Waals surface area contributed by atoms with E-state index in [2.05, 4.69) is 0 Å². The fourth-order valence-corrected chi connectivity index (χ4v) is 3.86. The van der Waals surface area contributed by atoms with Gasteiger partial charge in [-0.05, 0) is 30.5 Å². The topological polar surface area (TPSA) is 116 Å². The molecule has 1 heterocycles. The molecule has 150 valence electrons. The van der Waals surface area contributed by atoms with E-state index in [-0.39, 0.29) is 18.3 Å². The summed E-state index contributed by atoms with van der Waals surface area (Å²) in [5.41, 5.74) is 0.537. The van der Waals surface area contributed by atoms with Gasteiger partial charge in [0.2, 0.25) is 0 Å². The summed E-state index contributed by atoms with van der Waals surface area (Å²) in [6.07, 6.45) is -0.851. The van der Waals surface area contributed by atoms with Crippen LogP contribution in [0.5, 0.6) is 5.75 Å². The molecule has 1 aromatic rings. The lowest BCUT2D eigenvalue weighted by atomic mass is 9.86. The summed E-state index contributed by atoms with van der Waals surface area (Å²) in [5, 5.41) is 39.4. The molecule has 1 unspecified atom stereocenters. The van der Waals surface area contributed by atoms with Crippen molar-refractivity contribution in [3.8, 4) is 5.75 Å². The Morgan fingerprint density at radius 2 is 1.81 bits per heavy atom. The van der Waals surface area contributed by atoms with E-state index in [1.54, 1.807) is 24.3 Å². The number of rotatable bonds is 6. The van der Waals surface area contributed by atoms with Crippen LogP contribution in [0.3, 0.4) is 0 Å². The third-order valence-corrected chi connectivity index (χ3v) is 5.52. The van der Waals surface area contributed by atoms with Gasteiger partial charge in [0.15, 0.2) is 5.78 Å². The third kappa shape index (κ3) is 4.67. The van der Waals surface area contributed by atoms with Gasteiger partial charge in [0.1, 0.15) is 42.9 Å². The second-order valence-corrected chi connectivity index (χ2v) is 7.41. The number of hydrogen-bond donors (Lipinski definition) is 4. The van der Waals surface area contributed by atoms with Gasteiger partial charge in [0.25, 0.3) is 0 Å². The largest absolute Gasteiger partial charge is 0.486 e. The highest BCUT2D eigenvalue weighted by Gasteiger charge is 2.44. The van der Waals surface area contributed by atoms with E-state index in [0.717, 1.165) is 25.7 Å². The van der Waals surface area contributed by atoms with Gasteiger partial charge in [0, 0.05) is 5.92 Å². The summed E-state index contributed by atoms with van der Waals surface area (Å²) in [7, 11) is 0. The van der Waals surface area contributed by atoms with E-state index in [0.29, 0.717) is 11.3 Å². The quantitative estimate of drug-likeness (QED) is 0.575. The second kappa shape index (κ2) is 9.12. The standard InChI is InChI=1S/C20H28O7/c21-10-16-17(23)18(24)19(25)20(27-16)13-7-4-8-14(9-13)26-11-15(22)12-5-2-1-3-6-12/h4,7-9,12,16-21,23-25H,1-3,5-6,10-11H2/t16-,17-,18+,19+,20?/m1/s1. The van der Waals surface area contributed by atoms with Gasteiger partial charge in [-0.3, -0.25) is 4.79 Å². The van der Waals surface area contributed by atoms with Crippen LogP contribution in [0.25, 0.3) is 0 Å². The second-order valence-electron chi connectivity index (χ2n) is 7.41. The van der Waals surface area contributed by atoms with Crippen molar-refractivity contribution in [1.29, 1.82) is 0 Å². The summed E-state index contributed by atoms with van der Waals surface area (Å²) >= 11 is 0. The minimum atomic E-state index is -1.43. The van der Waals surface area contributed by atoms with E-state index in [4.69, 9.17) is 9.47 Å². The van der Waals surface area contributed by atoms with Crippen molar-refractivity contribution in [2.24, 2.45) is 5.92 Å². The highest BCUT2D eigenvalue weighted by Crippen LogP contribution is 2.33. The fourth-order valence-electron chi connectivity index (χ4n) is 3.86. The average molecular weight is 380 g/mol. The van der Waals surface area contributed by atoms with Gasteiger partial charge in [-0.15, -0.1) is 0 Å². The summed E-state index contributed by atoms with van der Waals surface area (Å²) in [6.45, 7) is -0.476. The minimum absolute atomic E-state index is 0.00278. The molecule has 2 fully saturated rings. The molecule has 0 spiro atoms. The van der Waals surface area contributed by atoms with Gasteiger partial charge >= 0.3 is 0 Å². The lowest BCUT2D eigenvalue weighted by Gasteiger charge is -2.40. The van der Waals surface area contributed by atoms with Gasteiger partial charge in [0.05, 0.1) is 6.61 Å². The molecular formula is C20H28O7. The van der Waals surface area contributed by atoms with Gasteiger partial charge < -0.3 is 29.9 Å². The van der Waals surface area contributed by atoms with Crippen LogP contribution in [0.1, 0.15) is 43.8 Å². The van der Waals surface area contributed by atoms with Crippen molar-refractivity contribution in [2.45, 2.75) is 62.6 Å². The number of carbonyl (C=O) groups excluding carboxylic acids is 1. The number of hydrogen-bond acceptors (Lipinski definition) is 7. The molecule has 0 radical (unpaired) electrons. The van der Waals surface area contributed by atoms with Gasteiger partial charge in [-0.2, -0.15) is 0 Å². The molecule has 0 aromatic heterocycles. The molecular weight excluding hydrogens is 352 g/mol. The van der Waals surface area contributed by atoms with Crippen molar-refractivity contribution in [3.63, 3.8) is 0 Å². The lowest BCUT2D eigenvalue weighted by molar-refractivity contribution is -0.231. The first-order valence-electron chi connectivity index (χ1n) is 9.57. The summed E-state index contributed by atoms with van der Waals surface area (Å²) in [4.78, 5) is 12.3. The Kier molecular flexibility index (Phi) is 6.83. The molecule has 1 saturated heterocycles. The lowest BCUT2D eigenvalue weighted by Crippen LogP contribution is -2.55. The Balaban J connectivity index is 1.65. The molecule has 7 heteroatoms. The fraction of sp³-hybridized carbons (Fsp3) is 0.650. The zero-order valence-corrected chi connectivity index (χ0v) is 15.2. The summed E-state index contributed by atoms with van der Waals surface area (Å²) in [6, 6.07) is 6.75. The van der Waals surface area contributed by atoms with Crippen LogP contribution in [-0.2, 0) is 9.53 Å². The third-order valence-electron chi connectivity index (χ3n) is 5.52. The van der Waals surface area contributed by atoms with Crippen molar-refractivity contribution in [3.05, 3.63) is 29.8 Å². The Bertz CT molecular complexity index is 627. The Hall–Kier alpha value is -1.51. The van der Waals surface area contributed by atoms with Gasteiger partial charge in [-0.25, -0.2) is 0 Å². The number of aliphatic hydroxyl groups is 4. The smallest absolute Gasteiger partial charge is 0.173 e. The van der Waals surface area contributed by atoms with E-state index in [9.17, 15) is 25.2 Å². The van der Waals surface area contributed by atoms with Crippen molar-refractivity contribution < 1.29 is 34.7 Å². The van der Waals surface area contributed by atoms with Gasteiger partial charge in [-0.1, -0.05) is 31.4 Å². The first-order valence-corrected chi connectivity index (χ1v) is 9.57. The molecule has 0 bridgehead atoms. The number of ether oxygens (including phenoxy) is 2. The Morgan fingerprint density at radius 3 is 2.52 bits per heavy atom. The summed E-state index contributed by atoms with van der Waals surface area (Å²) in [5.74, 6) is 0.647. The number of ketones is 1. The molecule has 1 aliphatic carbocycles. The van der Waals surface area contributed by atoms with Crippen molar-refractivity contribution in [2.75, 3.05) is 13.2 Å². The normalized spacial score (nSPS) is 32.2. The van der Waals surface area contributed by atoms with Crippen LogP contribution in [-0.4, -0.2) is 63.8 Å². The van der Waals surface area contributed by atoms with E-state index in [1.165, 1.54) is 6.42 Å². The van der Waals surface area contributed by atoms with E-state index in [1.807, 2.05) is 0 Å². The maximum atomic E-state index is 12.3. The van der Waals surface area contributed by atoms with Crippen LogP contribution >= 0.6 is 0 Å². The number of benzene rings is 1. The molecule has 0 amide bonds. The molecule has 4 N–H and O–H groups in total. The maximum absolute atomic E-state index is 12.3. The molecule has 7 nitrogen and oxygen atoms in total. The van der Waals surface area contributed by atoms with Crippen LogP contribution in [0.4, 0.5) is 0 Å². The number of carbonyl (C=O) groups is 1. The average Bonchev–Trinajstić information content (AvgIpc) is 2.71. The van der Waals surface area contributed by atoms with Crippen LogP contribution in [0, 0.1) is 5.92 Å². The molecule has 1 aliphatic heterocycles. The van der Waals surface area contributed by atoms with E-state index >= 15 is 0 Å². The molecule has 3 rings (SSSR count). The highest BCUT2D eigenvalue weighted by atomic mass is 16.5. The molecule has 5 atom stereocenters. The Morgan fingerprint density at radius 1 is 1.07 bits per heavy atom.